The first-order valence-electron chi connectivity index (χ1n) is 8.48. The van der Waals surface area contributed by atoms with E-state index in [1.807, 2.05) is 47.4 Å². The molecule has 2 atom stereocenters. The first-order chi connectivity index (χ1) is 11.7. The van der Waals surface area contributed by atoms with Crippen molar-refractivity contribution < 1.29 is 9.59 Å². The number of nitrogens with zero attached hydrogens (tertiary/aromatic N) is 1. The topological polar surface area (TPSA) is 49.4 Å². The Hall–Kier alpha value is -2.62. The Labute approximate surface area is 141 Å². The fourth-order valence-corrected chi connectivity index (χ4v) is 3.88. The van der Waals surface area contributed by atoms with Crippen LogP contribution >= 0.6 is 0 Å². The molecule has 2 unspecified atom stereocenters. The summed E-state index contributed by atoms with van der Waals surface area (Å²) in [5, 5.41) is 2.87. The van der Waals surface area contributed by atoms with Gasteiger partial charge in [0, 0.05) is 18.7 Å². The average molecular weight is 320 g/mol. The number of nitrogens with one attached hydrogen (secondary N) is 1. The molecule has 2 heterocycles. The summed E-state index contributed by atoms with van der Waals surface area (Å²) in [4.78, 5) is 27.2. The maximum Gasteiger partial charge on any atom is 0.231 e. The van der Waals surface area contributed by atoms with Crippen molar-refractivity contribution in [2.75, 3.05) is 11.9 Å². The molecule has 2 aliphatic heterocycles. The third-order valence-electron chi connectivity index (χ3n) is 5.02. The van der Waals surface area contributed by atoms with Crippen LogP contribution in [0.2, 0.25) is 0 Å². The summed E-state index contributed by atoms with van der Waals surface area (Å²) in [7, 11) is 0. The summed E-state index contributed by atoms with van der Waals surface area (Å²) in [6.07, 6.45) is 2.22. The van der Waals surface area contributed by atoms with Gasteiger partial charge in [-0.25, -0.2) is 0 Å². The molecule has 0 aromatic heterocycles. The third kappa shape index (κ3) is 2.58. The van der Waals surface area contributed by atoms with Crippen molar-refractivity contribution in [3.8, 4) is 0 Å². The van der Waals surface area contributed by atoms with Crippen LogP contribution < -0.4 is 5.32 Å². The van der Waals surface area contributed by atoms with Gasteiger partial charge < -0.3 is 10.2 Å². The number of amides is 2. The van der Waals surface area contributed by atoms with Gasteiger partial charge in [0.1, 0.15) is 0 Å². The van der Waals surface area contributed by atoms with Gasteiger partial charge in [-0.3, -0.25) is 9.59 Å². The van der Waals surface area contributed by atoms with Gasteiger partial charge in [0.15, 0.2) is 0 Å². The molecule has 0 saturated carbocycles. The lowest BCUT2D eigenvalue weighted by Crippen LogP contribution is -2.38. The third-order valence-corrected chi connectivity index (χ3v) is 5.02. The Bertz CT molecular complexity index is 772. The van der Waals surface area contributed by atoms with E-state index in [1.54, 1.807) is 0 Å². The standard InChI is InChI=1S/C20H20N2O2/c23-19-13-16(15-9-4-5-10-17(15)21-19)20(24)22-12-6-11-18(22)14-7-2-1-3-8-14/h1-5,7-10,16,18H,6,11-13H2,(H,21,23). The molecule has 4 rings (SSSR count). The number of likely N-dealkylation sites (tertiary alicyclic amines) is 1. The second-order valence-electron chi connectivity index (χ2n) is 6.49. The number of fused-ring (bicyclic) bond motifs is 1. The summed E-state index contributed by atoms with van der Waals surface area (Å²) in [5.74, 6) is -0.384. The molecular formula is C20H20N2O2. The van der Waals surface area contributed by atoms with E-state index >= 15 is 0 Å². The first kappa shape index (κ1) is 14.9. The van der Waals surface area contributed by atoms with Crippen molar-refractivity contribution in [2.24, 2.45) is 0 Å². The fourth-order valence-electron chi connectivity index (χ4n) is 3.88. The van der Waals surface area contributed by atoms with Crippen molar-refractivity contribution >= 4 is 17.5 Å². The van der Waals surface area contributed by atoms with E-state index in [-0.39, 0.29) is 30.2 Å². The molecule has 2 aliphatic rings. The molecule has 122 valence electrons. The van der Waals surface area contributed by atoms with E-state index in [1.165, 1.54) is 5.56 Å². The number of rotatable bonds is 2. The Morgan fingerprint density at radius 2 is 1.79 bits per heavy atom. The number of benzene rings is 2. The van der Waals surface area contributed by atoms with E-state index < -0.39 is 0 Å². The molecule has 0 spiro atoms. The molecule has 2 amide bonds. The van der Waals surface area contributed by atoms with Gasteiger partial charge in [0.2, 0.25) is 11.8 Å². The number of hydrogen-bond acceptors (Lipinski definition) is 2. The summed E-state index contributed by atoms with van der Waals surface area (Å²) in [6.45, 7) is 0.763. The number of anilines is 1. The minimum absolute atomic E-state index is 0.0728. The van der Waals surface area contributed by atoms with E-state index in [0.717, 1.165) is 30.6 Å². The van der Waals surface area contributed by atoms with Gasteiger partial charge in [-0.1, -0.05) is 48.5 Å². The Morgan fingerprint density at radius 3 is 2.62 bits per heavy atom. The van der Waals surface area contributed by atoms with Crippen LogP contribution in [-0.4, -0.2) is 23.3 Å². The number of hydrogen-bond donors (Lipinski definition) is 1. The lowest BCUT2D eigenvalue weighted by molar-refractivity contribution is -0.135. The summed E-state index contributed by atoms with van der Waals surface area (Å²) < 4.78 is 0. The van der Waals surface area contributed by atoms with Crippen molar-refractivity contribution in [1.82, 2.24) is 4.90 Å². The first-order valence-corrected chi connectivity index (χ1v) is 8.48. The zero-order valence-electron chi connectivity index (χ0n) is 13.4. The van der Waals surface area contributed by atoms with Crippen molar-refractivity contribution in [3.05, 3.63) is 65.7 Å². The van der Waals surface area contributed by atoms with Crippen LogP contribution in [0.1, 0.15) is 42.3 Å². The van der Waals surface area contributed by atoms with Crippen LogP contribution in [0.5, 0.6) is 0 Å². The minimum atomic E-state index is -0.376. The Balaban J connectivity index is 1.65. The van der Waals surface area contributed by atoms with Crippen LogP contribution in [0, 0.1) is 0 Å². The largest absolute Gasteiger partial charge is 0.335 e. The molecule has 4 heteroatoms. The van der Waals surface area contributed by atoms with Crippen LogP contribution in [0.3, 0.4) is 0 Å². The van der Waals surface area contributed by atoms with Crippen molar-refractivity contribution in [2.45, 2.75) is 31.2 Å². The SMILES string of the molecule is O=C1CC(C(=O)N2CCCC2c2ccccc2)c2ccccc2N1. The zero-order chi connectivity index (χ0) is 16.5. The highest BCUT2D eigenvalue weighted by Gasteiger charge is 2.38. The minimum Gasteiger partial charge on any atom is -0.335 e. The molecule has 0 aliphatic carbocycles. The highest BCUT2D eigenvalue weighted by Crippen LogP contribution is 2.38. The maximum absolute atomic E-state index is 13.2. The summed E-state index contributed by atoms with van der Waals surface area (Å²) >= 11 is 0. The Kier molecular flexibility index (Phi) is 3.81. The van der Waals surface area contributed by atoms with Crippen LogP contribution in [0.4, 0.5) is 5.69 Å². The highest BCUT2D eigenvalue weighted by atomic mass is 16.2. The molecule has 24 heavy (non-hydrogen) atoms. The molecular weight excluding hydrogens is 300 g/mol. The predicted molar refractivity (Wildman–Crippen MR) is 92.6 cm³/mol. The van der Waals surface area contributed by atoms with E-state index in [0.29, 0.717) is 0 Å². The summed E-state index contributed by atoms with van der Waals surface area (Å²) in [6, 6.07) is 17.9. The Morgan fingerprint density at radius 1 is 1.04 bits per heavy atom. The number of carbonyl (C=O) groups is 2. The average Bonchev–Trinajstić information content (AvgIpc) is 3.11. The van der Waals surface area contributed by atoms with Crippen molar-refractivity contribution in [1.29, 1.82) is 0 Å². The fraction of sp³-hybridized carbons (Fsp3) is 0.300. The smallest absolute Gasteiger partial charge is 0.231 e. The molecule has 1 saturated heterocycles. The monoisotopic (exact) mass is 320 g/mol. The maximum atomic E-state index is 13.2. The normalized spacial score (nSPS) is 22.8. The van der Waals surface area contributed by atoms with Gasteiger partial charge in [0.05, 0.1) is 12.0 Å². The molecule has 0 bridgehead atoms. The molecule has 2 aromatic carbocycles. The molecule has 1 N–H and O–H groups in total. The van der Waals surface area contributed by atoms with E-state index in [9.17, 15) is 9.59 Å². The molecule has 1 fully saturated rings. The van der Waals surface area contributed by atoms with Gasteiger partial charge in [-0.05, 0) is 30.0 Å². The number of para-hydroxylation sites is 1. The van der Waals surface area contributed by atoms with Gasteiger partial charge in [0.25, 0.3) is 0 Å². The van der Waals surface area contributed by atoms with Crippen molar-refractivity contribution in [3.63, 3.8) is 0 Å². The van der Waals surface area contributed by atoms with Crippen LogP contribution in [0.15, 0.2) is 54.6 Å². The van der Waals surface area contributed by atoms with Gasteiger partial charge in [-0.2, -0.15) is 0 Å². The predicted octanol–water partition coefficient (Wildman–Crippen LogP) is 3.48. The summed E-state index contributed by atoms with van der Waals surface area (Å²) in [5.41, 5.74) is 2.88. The second kappa shape index (κ2) is 6.11. The van der Waals surface area contributed by atoms with Gasteiger partial charge >= 0.3 is 0 Å². The lowest BCUT2D eigenvalue weighted by Gasteiger charge is -2.32. The zero-order valence-corrected chi connectivity index (χ0v) is 13.4. The molecule has 0 radical (unpaired) electrons. The van der Waals surface area contributed by atoms with Gasteiger partial charge in [-0.15, -0.1) is 0 Å². The van der Waals surface area contributed by atoms with E-state index in [4.69, 9.17) is 0 Å². The van der Waals surface area contributed by atoms with Crippen LogP contribution in [-0.2, 0) is 9.59 Å². The number of carbonyl (C=O) groups excluding carboxylic acids is 2. The quantitative estimate of drug-likeness (QED) is 0.921. The highest BCUT2D eigenvalue weighted by molar-refractivity contribution is 6.01. The van der Waals surface area contributed by atoms with Crippen LogP contribution in [0.25, 0.3) is 0 Å². The van der Waals surface area contributed by atoms with E-state index in [2.05, 4.69) is 17.4 Å². The molecule has 4 nitrogen and oxygen atoms in total. The molecule has 2 aromatic rings. The second-order valence-corrected chi connectivity index (χ2v) is 6.49. The lowest BCUT2D eigenvalue weighted by atomic mass is 9.89.